The summed E-state index contributed by atoms with van der Waals surface area (Å²) < 4.78 is 7.30. The number of aromatic nitrogens is 2. The van der Waals surface area contributed by atoms with Crippen molar-refractivity contribution in [2.45, 2.75) is 40.8 Å². The second-order valence-electron chi connectivity index (χ2n) is 7.73. The van der Waals surface area contributed by atoms with Crippen molar-refractivity contribution in [3.8, 4) is 11.4 Å². The van der Waals surface area contributed by atoms with Gasteiger partial charge in [0.15, 0.2) is 5.96 Å². The summed E-state index contributed by atoms with van der Waals surface area (Å²) in [4.78, 5) is 16.2. The molecule has 0 spiro atoms. The molecule has 3 N–H and O–H groups in total. The fraction of sp³-hybridized carbons (Fsp3) is 0.320. The Kier molecular flexibility index (Phi) is 10.4. The summed E-state index contributed by atoms with van der Waals surface area (Å²) in [5.41, 5.74) is 5.83. The van der Waals surface area contributed by atoms with E-state index in [0.29, 0.717) is 30.5 Å². The molecule has 1 aromatic heterocycles. The first kappa shape index (κ1) is 27.2. The molecule has 0 saturated heterocycles. The van der Waals surface area contributed by atoms with Crippen molar-refractivity contribution in [2.75, 3.05) is 19.0 Å². The van der Waals surface area contributed by atoms with Crippen molar-refractivity contribution in [2.24, 2.45) is 4.99 Å². The second kappa shape index (κ2) is 13.0. The fourth-order valence-electron chi connectivity index (χ4n) is 3.57. The molecule has 3 rings (SSSR count). The summed E-state index contributed by atoms with van der Waals surface area (Å²) in [6.07, 6.45) is 0. The van der Waals surface area contributed by atoms with Crippen molar-refractivity contribution in [3.05, 3.63) is 71.0 Å². The predicted molar refractivity (Wildman–Crippen MR) is 147 cm³/mol. The summed E-state index contributed by atoms with van der Waals surface area (Å²) in [5.74, 6) is 1.17. The van der Waals surface area contributed by atoms with Gasteiger partial charge in [0.1, 0.15) is 5.75 Å². The summed E-state index contributed by atoms with van der Waals surface area (Å²) in [7, 11) is 1.58. The minimum absolute atomic E-state index is 0. The van der Waals surface area contributed by atoms with Gasteiger partial charge in [0, 0.05) is 25.7 Å². The number of halogens is 1. The lowest BCUT2D eigenvalue weighted by Crippen LogP contribution is -2.37. The van der Waals surface area contributed by atoms with Gasteiger partial charge in [-0.3, -0.25) is 4.79 Å². The van der Waals surface area contributed by atoms with E-state index in [9.17, 15) is 4.79 Å². The molecule has 3 aromatic rings. The Morgan fingerprint density at radius 2 is 1.88 bits per heavy atom. The van der Waals surface area contributed by atoms with Crippen LogP contribution in [0.5, 0.6) is 5.75 Å². The number of aryl methyl sites for hydroxylation is 2. The van der Waals surface area contributed by atoms with Crippen molar-refractivity contribution in [3.63, 3.8) is 0 Å². The minimum atomic E-state index is -0.148. The predicted octanol–water partition coefficient (Wildman–Crippen LogP) is 4.33. The quantitative estimate of drug-likeness (QED) is 0.211. The summed E-state index contributed by atoms with van der Waals surface area (Å²) in [6, 6.07) is 15.9. The van der Waals surface area contributed by atoms with Crippen LogP contribution in [0.15, 0.2) is 53.5 Å². The standard InChI is InChI=1S/C25H32N6O2.HI/c1-6-26-25(27-15-20-11-12-24(33-5)22(14-20)29-19(4)32)28-16-21-9-7-8-10-23(21)31-18(3)13-17(2)30-31;/h7-14H,6,15-16H2,1-5H3,(H,29,32)(H2,26,27,28);1H. The third kappa shape index (κ3) is 7.21. The van der Waals surface area contributed by atoms with Gasteiger partial charge in [-0.05, 0) is 56.2 Å². The number of guanidine groups is 1. The molecule has 0 bridgehead atoms. The first-order valence-corrected chi connectivity index (χ1v) is 11.0. The highest BCUT2D eigenvalue weighted by molar-refractivity contribution is 14.0. The van der Waals surface area contributed by atoms with Crippen LogP contribution in [0.25, 0.3) is 5.69 Å². The van der Waals surface area contributed by atoms with Crippen LogP contribution >= 0.6 is 24.0 Å². The van der Waals surface area contributed by atoms with Crippen LogP contribution in [-0.4, -0.2) is 35.3 Å². The van der Waals surface area contributed by atoms with Crippen LogP contribution in [0, 0.1) is 13.8 Å². The zero-order chi connectivity index (χ0) is 23.8. The lowest BCUT2D eigenvalue weighted by Gasteiger charge is -2.15. The number of methoxy groups -OCH3 is 1. The summed E-state index contributed by atoms with van der Waals surface area (Å²) in [5, 5.41) is 14.1. The molecule has 9 heteroatoms. The average Bonchev–Trinajstić information content (AvgIpc) is 3.13. The highest BCUT2D eigenvalue weighted by atomic mass is 127. The van der Waals surface area contributed by atoms with E-state index in [4.69, 9.17) is 9.73 Å². The first-order valence-electron chi connectivity index (χ1n) is 11.0. The molecule has 182 valence electrons. The number of aliphatic imine (C=N–C) groups is 1. The molecule has 0 radical (unpaired) electrons. The average molecular weight is 576 g/mol. The largest absolute Gasteiger partial charge is 0.495 e. The lowest BCUT2D eigenvalue weighted by molar-refractivity contribution is -0.114. The molecule has 0 fully saturated rings. The van der Waals surface area contributed by atoms with Gasteiger partial charge in [-0.25, -0.2) is 9.67 Å². The first-order chi connectivity index (χ1) is 15.9. The molecule has 1 heterocycles. The monoisotopic (exact) mass is 576 g/mol. The van der Waals surface area contributed by atoms with Crippen molar-refractivity contribution in [1.82, 2.24) is 20.4 Å². The number of amides is 1. The van der Waals surface area contributed by atoms with Crippen molar-refractivity contribution >= 4 is 41.5 Å². The maximum absolute atomic E-state index is 11.5. The molecule has 0 aliphatic carbocycles. The maximum atomic E-state index is 11.5. The smallest absolute Gasteiger partial charge is 0.221 e. The molecule has 8 nitrogen and oxygen atoms in total. The number of rotatable bonds is 8. The van der Waals surface area contributed by atoms with Gasteiger partial charge in [-0.2, -0.15) is 5.10 Å². The van der Waals surface area contributed by atoms with E-state index in [2.05, 4.69) is 46.2 Å². The fourth-order valence-corrected chi connectivity index (χ4v) is 3.57. The number of hydrogen-bond acceptors (Lipinski definition) is 4. The number of ether oxygens (including phenoxy) is 1. The maximum Gasteiger partial charge on any atom is 0.221 e. The van der Waals surface area contributed by atoms with Crippen LogP contribution in [0.1, 0.15) is 36.4 Å². The van der Waals surface area contributed by atoms with Crippen molar-refractivity contribution in [1.29, 1.82) is 0 Å². The SMILES string of the molecule is CCNC(=NCc1ccc(OC)c(NC(C)=O)c1)NCc1ccccc1-n1nc(C)cc1C.I. The van der Waals surface area contributed by atoms with Crippen LogP contribution in [-0.2, 0) is 17.9 Å². The third-order valence-corrected chi connectivity index (χ3v) is 5.01. The number of hydrogen-bond donors (Lipinski definition) is 3. The van der Waals surface area contributed by atoms with Crippen molar-refractivity contribution < 1.29 is 9.53 Å². The molecular formula is C25H33IN6O2. The van der Waals surface area contributed by atoms with E-state index in [-0.39, 0.29) is 29.9 Å². The Hall–Kier alpha value is -3.08. The topological polar surface area (TPSA) is 92.6 Å². The van der Waals surface area contributed by atoms with E-state index >= 15 is 0 Å². The van der Waals surface area contributed by atoms with Crippen LogP contribution in [0.2, 0.25) is 0 Å². The van der Waals surface area contributed by atoms with Gasteiger partial charge in [0.2, 0.25) is 5.91 Å². The van der Waals surface area contributed by atoms with Crippen LogP contribution < -0.4 is 20.7 Å². The molecule has 1 amide bonds. The molecule has 0 saturated carbocycles. The highest BCUT2D eigenvalue weighted by Gasteiger charge is 2.10. The molecule has 0 unspecified atom stereocenters. The van der Waals surface area contributed by atoms with Gasteiger partial charge in [0.25, 0.3) is 0 Å². The zero-order valence-corrected chi connectivity index (χ0v) is 22.6. The number of anilines is 1. The number of para-hydroxylation sites is 1. The minimum Gasteiger partial charge on any atom is -0.495 e. The molecule has 0 aliphatic heterocycles. The normalized spacial score (nSPS) is 10.9. The Morgan fingerprint density at radius 3 is 2.53 bits per heavy atom. The van der Waals surface area contributed by atoms with Gasteiger partial charge < -0.3 is 20.7 Å². The van der Waals surface area contributed by atoms with E-state index in [1.165, 1.54) is 6.92 Å². The van der Waals surface area contributed by atoms with Crippen LogP contribution in [0.3, 0.4) is 0 Å². The Balaban J connectivity index is 0.00000408. The number of carbonyl (C=O) groups is 1. The number of benzene rings is 2. The van der Waals surface area contributed by atoms with Gasteiger partial charge >= 0.3 is 0 Å². The van der Waals surface area contributed by atoms with E-state index in [0.717, 1.165) is 34.7 Å². The summed E-state index contributed by atoms with van der Waals surface area (Å²) in [6.45, 7) is 9.34. The van der Waals surface area contributed by atoms with Crippen LogP contribution in [0.4, 0.5) is 5.69 Å². The highest BCUT2D eigenvalue weighted by Crippen LogP contribution is 2.25. The third-order valence-electron chi connectivity index (χ3n) is 5.01. The molecule has 0 atom stereocenters. The summed E-state index contributed by atoms with van der Waals surface area (Å²) >= 11 is 0. The number of carbonyl (C=O) groups excluding carboxylic acids is 1. The second-order valence-corrected chi connectivity index (χ2v) is 7.73. The number of nitrogens with zero attached hydrogens (tertiary/aromatic N) is 3. The molecular weight excluding hydrogens is 543 g/mol. The van der Waals surface area contributed by atoms with E-state index in [1.54, 1.807) is 7.11 Å². The molecule has 34 heavy (non-hydrogen) atoms. The van der Waals surface area contributed by atoms with Gasteiger partial charge in [-0.1, -0.05) is 24.3 Å². The molecule has 2 aromatic carbocycles. The van der Waals surface area contributed by atoms with E-state index < -0.39 is 0 Å². The van der Waals surface area contributed by atoms with Gasteiger partial charge in [0.05, 0.1) is 30.7 Å². The zero-order valence-electron chi connectivity index (χ0n) is 20.3. The van der Waals surface area contributed by atoms with E-state index in [1.807, 2.05) is 48.9 Å². The number of nitrogens with one attached hydrogen (secondary N) is 3. The Morgan fingerprint density at radius 1 is 1.12 bits per heavy atom. The van der Waals surface area contributed by atoms with Gasteiger partial charge in [-0.15, -0.1) is 24.0 Å². The Labute approximate surface area is 218 Å². The Bertz CT molecular complexity index is 1140. The lowest BCUT2D eigenvalue weighted by atomic mass is 10.1. The molecule has 0 aliphatic rings.